The van der Waals surface area contributed by atoms with Gasteiger partial charge in [0.1, 0.15) is 18.1 Å². The fraction of sp³-hybridized carbons (Fsp3) is 0.292. The number of fused-ring (bicyclic) bond motifs is 3. The molecule has 176 valence electrons. The Hall–Kier alpha value is -3.57. The van der Waals surface area contributed by atoms with Crippen molar-refractivity contribution in [2.75, 3.05) is 18.5 Å². The molecule has 1 aliphatic heterocycles. The lowest BCUT2D eigenvalue weighted by Gasteiger charge is -2.15. The maximum absolute atomic E-state index is 12.4. The number of benzene rings is 2. The van der Waals surface area contributed by atoms with E-state index < -0.39 is 30.2 Å². The summed E-state index contributed by atoms with van der Waals surface area (Å²) in [5.74, 6) is 0.0235. The number of carbonyl (C=O) groups excluding carboxylic acids is 1. The number of hydrogen-bond acceptors (Lipinski definition) is 7. The molecule has 0 unspecified atom stereocenters. The minimum absolute atomic E-state index is 0.0146. The molecule has 10 heteroatoms. The van der Waals surface area contributed by atoms with Crippen molar-refractivity contribution in [2.45, 2.75) is 30.8 Å². The largest absolute Gasteiger partial charge is 0.394 e. The zero-order valence-corrected chi connectivity index (χ0v) is 18.1. The highest BCUT2D eigenvalue weighted by atomic mass is 16.7. The normalized spacial score (nSPS) is 21.2. The monoisotopic (exact) mass is 464 g/mol. The van der Waals surface area contributed by atoms with Crippen molar-refractivity contribution in [1.29, 1.82) is 0 Å². The maximum Gasteiger partial charge on any atom is 0.351 e. The van der Waals surface area contributed by atoms with Gasteiger partial charge in [0.15, 0.2) is 0 Å². The number of hydrogen-bond donors (Lipinski definition) is 4. The second kappa shape index (κ2) is 9.35. The summed E-state index contributed by atoms with van der Waals surface area (Å²) in [5.41, 5.74) is 6.28. The molecule has 2 aliphatic rings. The van der Waals surface area contributed by atoms with E-state index in [4.69, 9.17) is 9.57 Å². The molecule has 4 N–H and O–H groups in total. The van der Waals surface area contributed by atoms with E-state index in [1.54, 1.807) is 0 Å². The number of urea groups is 1. The summed E-state index contributed by atoms with van der Waals surface area (Å²) in [6, 6.07) is 17.0. The summed E-state index contributed by atoms with van der Waals surface area (Å²) in [7, 11) is 0. The van der Waals surface area contributed by atoms with E-state index in [0.29, 0.717) is 0 Å². The van der Waals surface area contributed by atoms with Crippen molar-refractivity contribution in [1.82, 2.24) is 15.0 Å². The first-order valence-electron chi connectivity index (χ1n) is 11.0. The van der Waals surface area contributed by atoms with Crippen molar-refractivity contribution >= 4 is 11.8 Å². The second-order valence-corrected chi connectivity index (χ2v) is 8.21. The number of aliphatic hydroxyl groups excluding tert-OH is 2. The number of anilines is 1. The topological polar surface area (TPSA) is 135 Å². The van der Waals surface area contributed by atoms with Gasteiger partial charge in [-0.05, 0) is 28.3 Å². The molecule has 1 saturated heterocycles. The Kier molecular flexibility index (Phi) is 6.12. The first-order valence-corrected chi connectivity index (χ1v) is 11.0. The van der Waals surface area contributed by atoms with Gasteiger partial charge in [-0.25, -0.2) is 15.1 Å². The molecule has 1 fully saturated rings. The molecular formula is C24H24N4O6. The van der Waals surface area contributed by atoms with Crippen molar-refractivity contribution in [3.63, 3.8) is 0 Å². The summed E-state index contributed by atoms with van der Waals surface area (Å²) >= 11 is 0. The number of rotatable bonds is 6. The van der Waals surface area contributed by atoms with E-state index in [2.05, 4.69) is 40.0 Å². The highest BCUT2D eigenvalue weighted by Crippen LogP contribution is 2.44. The number of carbonyl (C=O) groups is 1. The van der Waals surface area contributed by atoms with Crippen LogP contribution in [0.3, 0.4) is 0 Å². The molecule has 2 aromatic carbocycles. The number of aromatic nitrogens is 2. The highest BCUT2D eigenvalue weighted by molar-refractivity contribution is 5.87. The van der Waals surface area contributed by atoms with E-state index in [1.807, 2.05) is 24.3 Å². The van der Waals surface area contributed by atoms with Gasteiger partial charge in [-0.2, -0.15) is 4.98 Å². The van der Waals surface area contributed by atoms with Crippen LogP contribution >= 0.6 is 0 Å². The molecule has 2 heterocycles. The summed E-state index contributed by atoms with van der Waals surface area (Å²) in [6.07, 6.45) is -0.801. The molecule has 0 bridgehead atoms. The predicted molar refractivity (Wildman–Crippen MR) is 122 cm³/mol. The average Bonchev–Trinajstić information content (AvgIpc) is 3.37. The van der Waals surface area contributed by atoms with Crippen molar-refractivity contribution in [3.8, 4) is 11.1 Å². The van der Waals surface area contributed by atoms with Crippen LogP contribution in [0.4, 0.5) is 10.6 Å². The minimum Gasteiger partial charge on any atom is -0.394 e. The third-order valence-corrected chi connectivity index (χ3v) is 6.14. The predicted octanol–water partition coefficient (Wildman–Crippen LogP) is 1.75. The smallest absolute Gasteiger partial charge is 0.351 e. The first kappa shape index (κ1) is 22.2. The molecule has 3 aromatic rings. The van der Waals surface area contributed by atoms with Crippen LogP contribution in [-0.4, -0.2) is 51.2 Å². The van der Waals surface area contributed by atoms with Crippen LogP contribution in [-0.2, 0) is 9.57 Å². The second-order valence-electron chi connectivity index (χ2n) is 8.21. The maximum atomic E-state index is 12.4. The Morgan fingerprint density at radius 3 is 2.41 bits per heavy atom. The summed E-state index contributed by atoms with van der Waals surface area (Å²) in [6.45, 7) is -0.110. The third-order valence-electron chi connectivity index (χ3n) is 6.14. The van der Waals surface area contributed by atoms with Gasteiger partial charge in [-0.3, -0.25) is 14.7 Å². The third kappa shape index (κ3) is 4.19. The summed E-state index contributed by atoms with van der Waals surface area (Å²) in [4.78, 5) is 34.0. The van der Waals surface area contributed by atoms with Crippen LogP contribution in [0.25, 0.3) is 11.1 Å². The quantitative estimate of drug-likeness (QED) is 0.408. The number of hydroxylamine groups is 1. The fourth-order valence-corrected chi connectivity index (χ4v) is 4.52. The van der Waals surface area contributed by atoms with Gasteiger partial charge in [-0.1, -0.05) is 48.5 Å². The van der Waals surface area contributed by atoms with Gasteiger partial charge in [0, 0.05) is 18.5 Å². The molecule has 0 saturated carbocycles. The van der Waals surface area contributed by atoms with Gasteiger partial charge in [0.2, 0.25) is 0 Å². The van der Waals surface area contributed by atoms with Gasteiger partial charge in [-0.15, -0.1) is 0 Å². The van der Waals surface area contributed by atoms with Crippen LogP contribution in [0, 0.1) is 0 Å². The van der Waals surface area contributed by atoms with E-state index in [1.165, 1.54) is 16.8 Å². The van der Waals surface area contributed by atoms with E-state index in [0.717, 1.165) is 22.3 Å². The lowest BCUT2D eigenvalue weighted by atomic mass is 9.98. The van der Waals surface area contributed by atoms with Crippen LogP contribution in [0.2, 0.25) is 0 Å². The molecule has 3 atom stereocenters. The highest BCUT2D eigenvalue weighted by Gasteiger charge is 2.35. The zero-order chi connectivity index (χ0) is 23.7. The van der Waals surface area contributed by atoms with E-state index >= 15 is 0 Å². The number of nitrogens with one attached hydrogen (secondary N) is 2. The van der Waals surface area contributed by atoms with Crippen LogP contribution in [0.5, 0.6) is 0 Å². The SMILES string of the molecule is O=C(NOCC1c2ccccc2-c2ccccc21)Nc1ccn([C@H]2C[C@H](O)[C@@H](CO)O2)c(=O)n1. The minimum atomic E-state index is -0.874. The van der Waals surface area contributed by atoms with E-state index in [-0.39, 0.29) is 31.4 Å². The molecule has 34 heavy (non-hydrogen) atoms. The molecule has 1 aromatic heterocycles. The van der Waals surface area contributed by atoms with Crippen molar-refractivity contribution in [3.05, 3.63) is 82.4 Å². The molecule has 0 radical (unpaired) electrons. The molecule has 0 spiro atoms. The average molecular weight is 464 g/mol. The van der Waals surface area contributed by atoms with E-state index in [9.17, 15) is 19.8 Å². The standard InChI is InChI=1S/C24H24N4O6/c29-12-20-19(30)11-22(34-20)28-10-9-21(26-24(28)32)25-23(31)27-33-13-18-16-7-3-1-5-14(16)15-6-2-4-8-17(15)18/h1-10,18-20,22,29-30H,11-13H2,(H2,25,26,27,31,32)/t19-,20+,22+/m0/s1. The van der Waals surface area contributed by atoms with Crippen LogP contribution in [0.1, 0.15) is 29.7 Å². The van der Waals surface area contributed by atoms with Crippen LogP contribution < -0.4 is 16.5 Å². The lowest BCUT2D eigenvalue weighted by Crippen LogP contribution is -2.33. The fourth-order valence-electron chi connectivity index (χ4n) is 4.52. The Labute approximate surface area is 194 Å². The zero-order valence-electron chi connectivity index (χ0n) is 18.1. The molecule has 2 amide bonds. The van der Waals surface area contributed by atoms with Crippen LogP contribution in [0.15, 0.2) is 65.6 Å². The number of amides is 2. The Morgan fingerprint density at radius 1 is 1.12 bits per heavy atom. The first-order chi connectivity index (χ1) is 16.5. The van der Waals surface area contributed by atoms with Crippen molar-refractivity contribution < 1.29 is 24.6 Å². The summed E-state index contributed by atoms with van der Waals surface area (Å²) < 4.78 is 6.67. The van der Waals surface area contributed by atoms with Gasteiger partial charge in [0.05, 0.1) is 19.3 Å². The van der Waals surface area contributed by atoms with Gasteiger partial charge < -0.3 is 14.9 Å². The number of nitrogens with zero attached hydrogens (tertiary/aromatic N) is 2. The molecular weight excluding hydrogens is 440 g/mol. The van der Waals surface area contributed by atoms with Crippen molar-refractivity contribution in [2.24, 2.45) is 0 Å². The van der Waals surface area contributed by atoms with Gasteiger partial charge >= 0.3 is 11.7 Å². The number of ether oxygens (including phenoxy) is 1. The molecule has 5 rings (SSSR count). The lowest BCUT2D eigenvalue weighted by molar-refractivity contribution is -0.0458. The Morgan fingerprint density at radius 2 is 1.79 bits per heavy atom. The number of aliphatic hydroxyl groups is 2. The molecule has 10 nitrogen and oxygen atoms in total. The Bertz CT molecular complexity index is 1220. The summed E-state index contributed by atoms with van der Waals surface area (Å²) in [5, 5.41) is 21.5. The Balaban J connectivity index is 1.18. The van der Waals surface area contributed by atoms with Gasteiger partial charge in [0.25, 0.3) is 0 Å². The molecule has 1 aliphatic carbocycles.